The van der Waals surface area contributed by atoms with Gasteiger partial charge in [0, 0.05) is 23.1 Å². The van der Waals surface area contributed by atoms with Crippen molar-refractivity contribution in [2.75, 3.05) is 13.2 Å². The van der Waals surface area contributed by atoms with Crippen LogP contribution in [0.4, 0.5) is 0 Å². The molecule has 0 atom stereocenters. The van der Waals surface area contributed by atoms with Gasteiger partial charge in [-0.15, -0.1) is 0 Å². The van der Waals surface area contributed by atoms with E-state index in [0.29, 0.717) is 19.7 Å². The van der Waals surface area contributed by atoms with Gasteiger partial charge in [-0.3, -0.25) is 0 Å². The Hall–Kier alpha value is -0.100. The number of benzene rings is 1. The number of nitrogens with one attached hydrogen (secondary N) is 1. The minimum atomic E-state index is -0.491. The van der Waals surface area contributed by atoms with Crippen LogP contribution in [-0.2, 0) is 6.54 Å². The molecule has 2 N–H and O–H groups in total. The lowest BCUT2D eigenvalue weighted by Crippen LogP contribution is -2.46. The van der Waals surface area contributed by atoms with Crippen LogP contribution in [-0.4, -0.2) is 23.9 Å². The van der Waals surface area contributed by atoms with E-state index in [-0.39, 0.29) is 0 Å². The van der Waals surface area contributed by atoms with E-state index >= 15 is 0 Å². The van der Waals surface area contributed by atoms with Crippen molar-refractivity contribution in [1.29, 1.82) is 0 Å². The Morgan fingerprint density at radius 2 is 2.11 bits per heavy atom. The quantitative estimate of drug-likeness (QED) is 0.776. The zero-order chi connectivity index (χ0) is 13.9. The molecular weight excluding hydrogens is 374 g/mol. The third-order valence-corrected chi connectivity index (χ3v) is 4.47. The minimum Gasteiger partial charge on any atom is -0.492 e. The number of ether oxygens (including phenoxy) is 1. The summed E-state index contributed by atoms with van der Waals surface area (Å²) in [5.41, 5.74) is 0.598. The van der Waals surface area contributed by atoms with E-state index < -0.39 is 5.60 Å². The molecule has 0 heterocycles. The van der Waals surface area contributed by atoms with Gasteiger partial charge in [0.05, 0.1) is 16.7 Å². The summed E-state index contributed by atoms with van der Waals surface area (Å²) >= 11 is 7.01. The molecule has 0 aliphatic heterocycles. The van der Waals surface area contributed by atoms with Crippen molar-refractivity contribution in [1.82, 2.24) is 5.32 Å². The third-order valence-electron chi connectivity index (χ3n) is 3.43. The molecule has 0 saturated heterocycles. The van der Waals surface area contributed by atoms with Gasteiger partial charge < -0.3 is 15.2 Å². The van der Waals surface area contributed by atoms with E-state index in [0.717, 1.165) is 39.5 Å². The largest absolute Gasteiger partial charge is 0.492 e. The Labute approximate surface area is 131 Å². The fraction of sp³-hybridized carbons (Fsp3) is 0.571. The van der Waals surface area contributed by atoms with E-state index in [1.165, 1.54) is 0 Å². The lowest BCUT2D eigenvalue weighted by atomic mass is 9.80. The van der Waals surface area contributed by atoms with Crippen LogP contribution < -0.4 is 10.1 Å². The van der Waals surface area contributed by atoms with Gasteiger partial charge >= 0.3 is 0 Å². The monoisotopic (exact) mass is 391 g/mol. The van der Waals surface area contributed by atoms with Gasteiger partial charge in [-0.1, -0.05) is 15.9 Å². The third kappa shape index (κ3) is 3.94. The van der Waals surface area contributed by atoms with Crippen LogP contribution in [0.3, 0.4) is 0 Å². The first-order valence-electron chi connectivity index (χ1n) is 6.58. The van der Waals surface area contributed by atoms with Gasteiger partial charge in [-0.05, 0) is 54.2 Å². The van der Waals surface area contributed by atoms with Crippen LogP contribution in [0.2, 0.25) is 0 Å². The molecule has 1 aliphatic carbocycles. The zero-order valence-electron chi connectivity index (χ0n) is 11.0. The number of aliphatic hydroxyl groups is 1. The van der Waals surface area contributed by atoms with Crippen LogP contribution in [0.25, 0.3) is 0 Å². The first-order chi connectivity index (χ1) is 9.04. The summed E-state index contributed by atoms with van der Waals surface area (Å²) in [6.45, 7) is 3.94. The van der Waals surface area contributed by atoms with Crippen molar-refractivity contribution in [3.8, 4) is 5.75 Å². The fourth-order valence-corrected chi connectivity index (χ4v) is 3.67. The van der Waals surface area contributed by atoms with Crippen LogP contribution in [0.5, 0.6) is 5.75 Å². The maximum Gasteiger partial charge on any atom is 0.138 e. The average molecular weight is 393 g/mol. The molecular formula is C14H19Br2NO2. The molecule has 5 heteroatoms. The van der Waals surface area contributed by atoms with Gasteiger partial charge in [0.15, 0.2) is 0 Å². The standard InChI is InChI=1S/C14H19Br2NO2/c1-2-19-13-10(6-11(15)7-12(13)16)8-17-9-14(18)4-3-5-14/h6-7,17-18H,2-5,8-9H2,1H3. The molecule has 3 nitrogen and oxygen atoms in total. The first kappa shape index (κ1) is 15.3. The molecule has 1 saturated carbocycles. The van der Waals surface area contributed by atoms with E-state index in [1.807, 2.05) is 19.1 Å². The molecule has 0 spiro atoms. The first-order valence-corrected chi connectivity index (χ1v) is 8.16. The second-order valence-electron chi connectivity index (χ2n) is 4.99. The van der Waals surface area contributed by atoms with Crippen molar-refractivity contribution in [3.05, 3.63) is 26.6 Å². The molecule has 0 bridgehead atoms. The van der Waals surface area contributed by atoms with Crippen molar-refractivity contribution in [2.24, 2.45) is 0 Å². The normalized spacial score (nSPS) is 17.1. The Morgan fingerprint density at radius 1 is 1.37 bits per heavy atom. The summed E-state index contributed by atoms with van der Waals surface area (Å²) in [6, 6.07) is 4.03. The van der Waals surface area contributed by atoms with E-state index in [2.05, 4.69) is 37.2 Å². The SMILES string of the molecule is CCOc1c(Br)cc(Br)cc1CNCC1(O)CCC1. The topological polar surface area (TPSA) is 41.5 Å². The summed E-state index contributed by atoms with van der Waals surface area (Å²) in [5.74, 6) is 0.874. The molecule has 0 amide bonds. The highest BCUT2D eigenvalue weighted by Crippen LogP contribution is 2.34. The Bertz CT molecular complexity index is 447. The highest BCUT2D eigenvalue weighted by Gasteiger charge is 2.33. The maximum absolute atomic E-state index is 10.1. The van der Waals surface area contributed by atoms with Gasteiger partial charge in [0.1, 0.15) is 5.75 Å². The predicted molar refractivity (Wildman–Crippen MR) is 83.5 cm³/mol. The molecule has 0 unspecified atom stereocenters. The van der Waals surface area contributed by atoms with Crippen LogP contribution >= 0.6 is 31.9 Å². The fourth-order valence-electron chi connectivity index (χ4n) is 2.24. The van der Waals surface area contributed by atoms with Crippen molar-refractivity contribution in [3.63, 3.8) is 0 Å². The minimum absolute atomic E-state index is 0.491. The summed E-state index contributed by atoms with van der Waals surface area (Å²) in [6.07, 6.45) is 2.94. The molecule has 0 radical (unpaired) electrons. The number of rotatable bonds is 6. The van der Waals surface area contributed by atoms with Gasteiger partial charge in [-0.25, -0.2) is 0 Å². The summed E-state index contributed by atoms with van der Waals surface area (Å²) < 4.78 is 7.64. The van der Waals surface area contributed by atoms with Crippen molar-refractivity contribution >= 4 is 31.9 Å². The smallest absolute Gasteiger partial charge is 0.138 e. The van der Waals surface area contributed by atoms with Gasteiger partial charge in [-0.2, -0.15) is 0 Å². The van der Waals surface area contributed by atoms with Crippen molar-refractivity contribution in [2.45, 2.75) is 38.3 Å². The molecule has 19 heavy (non-hydrogen) atoms. The molecule has 1 aliphatic rings. The highest BCUT2D eigenvalue weighted by molar-refractivity contribution is 9.11. The molecule has 1 aromatic rings. The lowest BCUT2D eigenvalue weighted by molar-refractivity contribution is -0.0315. The molecule has 1 fully saturated rings. The zero-order valence-corrected chi connectivity index (χ0v) is 14.2. The molecule has 0 aromatic heterocycles. The second-order valence-corrected chi connectivity index (χ2v) is 6.76. The van der Waals surface area contributed by atoms with Crippen LogP contribution in [0.1, 0.15) is 31.7 Å². The Morgan fingerprint density at radius 3 is 2.68 bits per heavy atom. The summed E-state index contributed by atoms with van der Waals surface area (Å²) in [5, 5.41) is 13.4. The molecule has 2 rings (SSSR count). The average Bonchev–Trinajstić information content (AvgIpc) is 2.31. The highest BCUT2D eigenvalue weighted by atomic mass is 79.9. The van der Waals surface area contributed by atoms with Gasteiger partial charge in [0.25, 0.3) is 0 Å². The maximum atomic E-state index is 10.1. The molecule has 106 valence electrons. The summed E-state index contributed by atoms with van der Waals surface area (Å²) in [7, 11) is 0. The number of hydrogen-bond acceptors (Lipinski definition) is 3. The van der Waals surface area contributed by atoms with Crippen LogP contribution in [0.15, 0.2) is 21.1 Å². The number of halogens is 2. The number of hydrogen-bond donors (Lipinski definition) is 2. The predicted octanol–water partition coefficient (Wildman–Crippen LogP) is 3.61. The lowest BCUT2D eigenvalue weighted by Gasteiger charge is -2.36. The van der Waals surface area contributed by atoms with E-state index in [4.69, 9.17) is 4.74 Å². The molecule has 1 aromatic carbocycles. The van der Waals surface area contributed by atoms with Crippen LogP contribution in [0, 0.1) is 0 Å². The van der Waals surface area contributed by atoms with E-state index in [1.54, 1.807) is 0 Å². The van der Waals surface area contributed by atoms with Crippen molar-refractivity contribution < 1.29 is 9.84 Å². The summed E-state index contributed by atoms with van der Waals surface area (Å²) in [4.78, 5) is 0. The Balaban J connectivity index is 2.01. The Kier molecular flexibility index (Phi) is 5.29. The van der Waals surface area contributed by atoms with Gasteiger partial charge in [0.2, 0.25) is 0 Å². The van der Waals surface area contributed by atoms with E-state index in [9.17, 15) is 5.11 Å². The second kappa shape index (κ2) is 6.57.